The number of carbonyl (C=O) groups is 2. The third kappa shape index (κ3) is 2.19. The molecule has 106 valence electrons. The standard InChI is InChI=1S/C18H12N2O2/c1-12(21)15-10-17(18(22)14-5-3-2-4-6-14)20-8-7-13(11-19)9-16(15)20/h2-10H,1H3. The quantitative estimate of drug-likeness (QED) is 0.695. The Kier molecular flexibility index (Phi) is 3.32. The van der Waals surface area contributed by atoms with Crippen LogP contribution in [0, 0.1) is 11.3 Å². The molecular weight excluding hydrogens is 276 g/mol. The van der Waals surface area contributed by atoms with Crippen molar-refractivity contribution in [1.82, 2.24) is 4.40 Å². The van der Waals surface area contributed by atoms with Crippen molar-refractivity contribution in [2.24, 2.45) is 0 Å². The first-order chi connectivity index (χ1) is 10.6. The molecule has 0 spiro atoms. The van der Waals surface area contributed by atoms with E-state index in [0.717, 1.165) is 0 Å². The summed E-state index contributed by atoms with van der Waals surface area (Å²) in [7, 11) is 0. The summed E-state index contributed by atoms with van der Waals surface area (Å²) in [5, 5.41) is 9.01. The van der Waals surface area contributed by atoms with Crippen LogP contribution in [0.3, 0.4) is 0 Å². The summed E-state index contributed by atoms with van der Waals surface area (Å²) >= 11 is 0. The molecule has 22 heavy (non-hydrogen) atoms. The number of pyridine rings is 1. The van der Waals surface area contributed by atoms with Gasteiger partial charge in [-0.15, -0.1) is 0 Å². The third-order valence-corrected chi connectivity index (χ3v) is 3.55. The third-order valence-electron chi connectivity index (χ3n) is 3.55. The van der Waals surface area contributed by atoms with Gasteiger partial charge in [-0.2, -0.15) is 5.26 Å². The van der Waals surface area contributed by atoms with Crippen LogP contribution in [0.1, 0.15) is 38.9 Å². The number of aromatic nitrogens is 1. The SMILES string of the molecule is CC(=O)c1cc(C(=O)c2ccccc2)n2ccc(C#N)cc12. The van der Waals surface area contributed by atoms with E-state index in [4.69, 9.17) is 5.26 Å². The number of fused-ring (bicyclic) bond motifs is 1. The molecule has 0 bridgehead atoms. The summed E-state index contributed by atoms with van der Waals surface area (Å²) in [6.07, 6.45) is 1.65. The molecule has 0 N–H and O–H groups in total. The van der Waals surface area contributed by atoms with Gasteiger partial charge in [-0.25, -0.2) is 0 Å². The number of rotatable bonds is 3. The number of benzene rings is 1. The van der Waals surface area contributed by atoms with Crippen molar-refractivity contribution in [3.8, 4) is 6.07 Å². The second-order valence-electron chi connectivity index (χ2n) is 4.98. The van der Waals surface area contributed by atoms with Gasteiger partial charge >= 0.3 is 0 Å². The van der Waals surface area contributed by atoms with Crippen molar-refractivity contribution in [2.75, 3.05) is 0 Å². The van der Waals surface area contributed by atoms with E-state index in [9.17, 15) is 9.59 Å². The lowest BCUT2D eigenvalue weighted by atomic mass is 10.1. The van der Waals surface area contributed by atoms with E-state index in [1.165, 1.54) is 6.92 Å². The topological polar surface area (TPSA) is 62.3 Å². The maximum atomic E-state index is 12.7. The highest BCUT2D eigenvalue weighted by Crippen LogP contribution is 2.21. The van der Waals surface area contributed by atoms with Crippen LogP contribution in [0.2, 0.25) is 0 Å². The average Bonchev–Trinajstić information content (AvgIpc) is 2.93. The van der Waals surface area contributed by atoms with Crippen LogP contribution in [0.4, 0.5) is 0 Å². The molecule has 0 unspecified atom stereocenters. The van der Waals surface area contributed by atoms with Gasteiger partial charge in [0.2, 0.25) is 5.78 Å². The first-order valence-corrected chi connectivity index (χ1v) is 6.77. The molecule has 0 amide bonds. The number of carbonyl (C=O) groups excluding carboxylic acids is 2. The minimum atomic E-state index is -0.159. The molecule has 2 heterocycles. The van der Waals surface area contributed by atoms with Gasteiger partial charge in [-0.1, -0.05) is 30.3 Å². The van der Waals surface area contributed by atoms with E-state index < -0.39 is 0 Å². The van der Waals surface area contributed by atoms with Crippen molar-refractivity contribution in [1.29, 1.82) is 5.26 Å². The molecular formula is C18H12N2O2. The maximum absolute atomic E-state index is 12.7. The lowest BCUT2D eigenvalue weighted by Gasteiger charge is -2.03. The van der Waals surface area contributed by atoms with E-state index in [-0.39, 0.29) is 11.6 Å². The molecule has 0 saturated heterocycles. The molecule has 2 aromatic heterocycles. The van der Waals surface area contributed by atoms with Gasteiger partial charge in [0.1, 0.15) is 0 Å². The van der Waals surface area contributed by atoms with Crippen molar-refractivity contribution in [3.63, 3.8) is 0 Å². The second-order valence-corrected chi connectivity index (χ2v) is 4.98. The molecule has 0 aliphatic heterocycles. The average molecular weight is 288 g/mol. The summed E-state index contributed by atoms with van der Waals surface area (Å²) in [6.45, 7) is 1.45. The number of ketones is 2. The zero-order chi connectivity index (χ0) is 15.7. The minimum absolute atomic E-state index is 0.139. The fraction of sp³-hybridized carbons (Fsp3) is 0.0556. The van der Waals surface area contributed by atoms with E-state index >= 15 is 0 Å². The largest absolute Gasteiger partial charge is 0.313 e. The van der Waals surface area contributed by atoms with E-state index in [1.54, 1.807) is 53.1 Å². The highest BCUT2D eigenvalue weighted by atomic mass is 16.1. The molecule has 4 nitrogen and oxygen atoms in total. The molecule has 4 heteroatoms. The monoisotopic (exact) mass is 288 g/mol. The fourth-order valence-corrected chi connectivity index (χ4v) is 2.46. The maximum Gasteiger partial charge on any atom is 0.209 e. The van der Waals surface area contributed by atoms with E-state index in [0.29, 0.717) is 27.9 Å². The van der Waals surface area contributed by atoms with Gasteiger partial charge in [-0.05, 0) is 25.1 Å². The van der Waals surface area contributed by atoms with Crippen LogP contribution in [0.5, 0.6) is 0 Å². The first kappa shape index (κ1) is 13.8. The van der Waals surface area contributed by atoms with Crippen LogP contribution in [-0.4, -0.2) is 16.0 Å². The van der Waals surface area contributed by atoms with Crippen LogP contribution in [-0.2, 0) is 0 Å². The Balaban J connectivity index is 2.25. The van der Waals surface area contributed by atoms with Gasteiger partial charge in [-0.3, -0.25) is 9.59 Å². The summed E-state index contributed by atoms with van der Waals surface area (Å²) in [6, 6.07) is 15.8. The van der Waals surface area contributed by atoms with Gasteiger partial charge in [0.15, 0.2) is 5.78 Å². The van der Waals surface area contributed by atoms with Gasteiger partial charge in [0.05, 0.1) is 22.8 Å². The Morgan fingerprint density at radius 3 is 2.45 bits per heavy atom. The van der Waals surface area contributed by atoms with Crippen LogP contribution in [0.15, 0.2) is 54.7 Å². The Hall–Kier alpha value is -3.19. The number of hydrogen-bond acceptors (Lipinski definition) is 3. The second kappa shape index (κ2) is 5.30. The zero-order valence-corrected chi connectivity index (χ0v) is 11.9. The summed E-state index contributed by atoms with van der Waals surface area (Å²) in [5.74, 6) is -0.299. The number of hydrogen-bond donors (Lipinski definition) is 0. The van der Waals surface area contributed by atoms with Crippen molar-refractivity contribution >= 4 is 17.1 Å². The molecule has 3 rings (SSSR count). The van der Waals surface area contributed by atoms with Gasteiger partial charge in [0, 0.05) is 17.3 Å². The number of nitrogens with zero attached hydrogens (tertiary/aromatic N) is 2. The smallest absolute Gasteiger partial charge is 0.209 e. The Bertz CT molecular complexity index is 931. The summed E-state index contributed by atoms with van der Waals surface area (Å²) in [5.41, 5.74) is 2.44. The molecule has 0 fully saturated rings. The zero-order valence-electron chi connectivity index (χ0n) is 11.9. The Morgan fingerprint density at radius 1 is 1.09 bits per heavy atom. The number of Topliss-reactive ketones (excluding diaryl/α,β-unsaturated/α-hetero) is 1. The minimum Gasteiger partial charge on any atom is -0.313 e. The summed E-state index contributed by atoms with van der Waals surface area (Å²) < 4.78 is 1.66. The van der Waals surface area contributed by atoms with Gasteiger partial charge in [0.25, 0.3) is 0 Å². The van der Waals surface area contributed by atoms with Crippen molar-refractivity contribution in [2.45, 2.75) is 6.92 Å². The molecule has 0 radical (unpaired) electrons. The lowest BCUT2D eigenvalue weighted by molar-refractivity contribution is 0.101. The lowest BCUT2D eigenvalue weighted by Crippen LogP contribution is -2.04. The summed E-state index contributed by atoms with van der Waals surface area (Å²) in [4.78, 5) is 24.5. The molecule has 0 saturated carbocycles. The van der Waals surface area contributed by atoms with Crippen LogP contribution >= 0.6 is 0 Å². The Labute approximate surface area is 127 Å². The highest BCUT2D eigenvalue weighted by Gasteiger charge is 2.18. The first-order valence-electron chi connectivity index (χ1n) is 6.77. The highest BCUT2D eigenvalue weighted by molar-refractivity contribution is 6.12. The predicted molar refractivity (Wildman–Crippen MR) is 82.0 cm³/mol. The van der Waals surface area contributed by atoms with Crippen LogP contribution in [0.25, 0.3) is 5.52 Å². The van der Waals surface area contributed by atoms with Gasteiger partial charge < -0.3 is 4.40 Å². The number of nitriles is 1. The van der Waals surface area contributed by atoms with Crippen LogP contribution < -0.4 is 0 Å². The normalized spacial score (nSPS) is 10.4. The Morgan fingerprint density at radius 2 is 1.82 bits per heavy atom. The fourth-order valence-electron chi connectivity index (χ4n) is 2.46. The molecule has 3 aromatic rings. The molecule has 1 aromatic carbocycles. The van der Waals surface area contributed by atoms with Crippen molar-refractivity contribution < 1.29 is 9.59 Å². The molecule has 0 aliphatic carbocycles. The van der Waals surface area contributed by atoms with E-state index in [2.05, 4.69) is 0 Å². The van der Waals surface area contributed by atoms with Crippen molar-refractivity contribution in [3.05, 3.63) is 77.1 Å². The molecule has 0 aliphatic rings. The predicted octanol–water partition coefficient (Wildman–Crippen LogP) is 3.24. The van der Waals surface area contributed by atoms with E-state index in [1.807, 2.05) is 12.1 Å². The molecule has 0 atom stereocenters.